The van der Waals surface area contributed by atoms with Gasteiger partial charge in [0.1, 0.15) is 0 Å². The summed E-state index contributed by atoms with van der Waals surface area (Å²) >= 11 is 0. The summed E-state index contributed by atoms with van der Waals surface area (Å²) < 4.78 is 48.0. The van der Waals surface area contributed by atoms with E-state index in [1.165, 1.54) is 12.1 Å². The standard InChI is InChI=1S/C18H19F2N3O3S/c19-18(20)27(25,26)16-3-1-15(2-4-16)17(24)23-11-9-22(10-12-23)13-14-5-7-21-8-6-14/h1-8,18H,9-13H2. The number of halogens is 2. The van der Waals surface area contributed by atoms with Gasteiger partial charge in [0.25, 0.3) is 5.91 Å². The van der Waals surface area contributed by atoms with E-state index in [0.717, 1.165) is 24.2 Å². The molecule has 0 N–H and O–H groups in total. The molecule has 0 unspecified atom stereocenters. The van der Waals surface area contributed by atoms with Crippen LogP contribution in [0.25, 0.3) is 0 Å². The molecule has 27 heavy (non-hydrogen) atoms. The zero-order valence-electron chi connectivity index (χ0n) is 14.5. The molecule has 0 aliphatic carbocycles. The first-order valence-electron chi connectivity index (χ1n) is 8.40. The number of nitrogens with zero attached hydrogens (tertiary/aromatic N) is 3. The Balaban J connectivity index is 1.59. The number of amides is 1. The van der Waals surface area contributed by atoms with Gasteiger partial charge in [0.2, 0.25) is 9.84 Å². The lowest BCUT2D eigenvalue weighted by Gasteiger charge is -2.34. The van der Waals surface area contributed by atoms with E-state index in [0.29, 0.717) is 26.2 Å². The summed E-state index contributed by atoms with van der Waals surface area (Å²) in [6.07, 6.45) is 3.49. The van der Waals surface area contributed by atoms with Gasteiger partial charge in [-0.05, 0) is 42.0 Å². The summed E-state index contributed by atoms with van der Waals surface area (Å²) in [6.45, 7) is 3.30. The molecule has 0 spiro atoms. The van der Waals surface area contributed by atoms with Gasteiger partial charge in [0.15, 0.2) is 0 Å². The molecule has 1 aromatic carbocycles. The maximum absolute atomic E-state index is 12.6. The molecule has 9 heteroatoms. The third kappa shape index (κ3) is 4.48. The highest BCUT2D eigenvalue weighted by Crippen LogP contribution is 2.19. The van der Waals surface area contributed by atoms with Gasteiger partial charge < -0.3 is 4.90 Å². The number of aromatic nitrogens is 1. The average molecular weight is 395 g/mol. The molecule has 1 aliphatic rings. The number of hydrogen-bond acceptors (Lipinski definition) is 5. The zero-order valence-corrected chi connectivity index (χ0v) is 15.3. The normalized spacial score (nSPS) is 15.9. The second kappa shape index (κ2) is 8.10. The van der Waals surface area contributed by atoms with Crippen LogP contribution in [-0.2, 0) is 16.4 Å². The average Bonchev–Trinajstić information content (AvgIpc) is 2.69. The number of alkyl halides is 2. The number of hydrogen-bond donors (Lipinski definition) is 0. The van der Waals surface area contributed by atoms with Crippen LogP contribution >= 0.6 is 0 Å². The second-order valence-corrected chi connectivity index (χ2v) is 8.17. The lowest BCUT2D eigenvalue weighted by Crippen LogP contribution is -2.48. The number of pyridine rings is 1. The van der Waals surface area contributed by atoms with Crippen molar-refractivity contribution in [1.82, 2.24) is 14.8 Å². The Morgan fingerprint density at radius 3 is 2.15 bits per heavy atom. The largest absolute Gasteiger partial charge is 0.341 e. The third-order valence-corrected chi connectivity index (χ3v) is 5.88. The van der Waals surface area contributed by atoms with Crippen molar-refractivity contribution >= 4 is 15.7 Å². The highest BCUT2D eigenvalue weighted by molar-refractivity contribution is 7.91. The monoisotopic (exact) mass is 395 g/mol. The number of benzene rings is 1. The lowest BCUT2D eigenvalue weighted by molar-refractivity contribution is 0.0628. The second-order valence-electron chi connectivity index (χ2n) is 6.25. The Hall–Kier alpha value is -2.39. The van der Waals surface area contributed by atoms with E-state index in [1.807, 2.05) is 12.1 Å². The molecule has 0 atom stereocenters. The molecule has 144 valence electrons. The molecule has 1 amide bonds. The molecule has 3 rings (SSSR count). The number of carbonyl (C=O) groups excluding carboxylic acids is 1. The van der Waals surface area contributed by atoms with E-state index in [2.05, 4.69) is 9.88 Å². The van der Waals surface area contributed by atoms with Crippen molar-refractivity contribution in [2.24, 2.45) is 0 Å². The number of rotatable bonds is 5. The smallest absolute Gasteiger partial charge is 0.336 e. The zero-order chi connectivity index (χ0) is 19.4. The fourth-order valence-electron chi connectivity index (χ4n) is 2.93. The minimum atomic E-state index is -4.65. The van der Waals surface area contributed by atoms with Gasteiger partial charge in [-0.1, -0.05) is 0 Å². The molecule has 0 bridgehead atoms. The van der Waals surface area contributed by atoms with Crippen LogP contribution in [0.2, 0.25) is 0 Å². The Morgan fingerprint density at radius 1 is 1.00 bits per heavy atom. The molecule has 1 aliphatic heterocycles. The number of carbonyl (C=O) groups is 1. The van der Waals surface area contributed by atoms with Gasteiger partial charge in [-0.2, -0.15) is 8.78 Å². The summed E-state index contributed by atoms with van der Waals surface area (Å²) in [4.78, 5) is 20.0. The first kappa shape index (κ1) is 19.4. The fourth-order valence-corrected chi connectivity index (χ4v) is 3.65. The third-order valence-electron chi connectivity index (χ3n) is 4.48. The summed E-state index contributed by atoms with van der Waals surface area (Å²) in [5.41, 5.74) is 1.44. The lowest BCUT2D eigenvalue weighted by atomic mass is 10.1. The van der Waals surface area contributed by atoms with Crippen LogP contribution in [0.4, 0.5) is 8.78 Å². The topological polar surface area (TPSA) is 70.6 Å². The predicted octanol–water partition coefficient (Wildman–Crippen LogP) is 2.04. The molecule has 2 heterocycles. The molecular weight excluding hydrogens is 376 g/mol. The molecular formula is C18H19F2N3O3S. The number of sulfone groups is 1. The minimum absolute atomic E-state index is 0.237. The van der Waals surface area contributed by atoms with Crippen LogP contribution in [0.3, 0.4) is 0 Å². The van der Waals surface area contributed by atoms with Crippen LogP contribution in [-0.4, -0.2) is 61.0 Å². The SMILES string of the molecule is O=C(c1ccc(S(=O)(=O)C(F)F)cc1)N1CCN(Cc2ccncc2)CC1. The summed E-state index contributed by atoms with van der Waals surface area (Å²) in [5, 5.41) is 0. The summed E-state index contributed by atoms with van der Waals surface area (Å²) in [5.74, 6) is -3.72. The fraction of sp³-hybridized carbons (Fsp3) is 0.333. The molecule has 0 saturated carbocycles. The van der Waals surface area contributed by atoms with Gasteiger partial charge in [-0.25, -0.2) is 8.42 Å². The molecule has 2 aromatic rings. The van der Waals surface area contributed by atoms with Gasteiger partial charge in [-0.15, -0.1) is 0 Å². The summed E-state index contributed by atoms with van der Waals surface area (Å²) in [6, 6.07) is 8.56. The van der Waals surface area contributed by atoms with Gasteiger partial charge in [-0.3, -0.25) is 14.7 Å². The van der Waals surface area contributed by atoms with Crippen LogP contribution in [0.5, 0.6) is 0 Å². The van der Waals surface area contributed by atoms with Crippen LogP contribution < -0.4 is 0 Å². The van der Waals surface area contributed by atoms with E-state index >= 15 is 0 Å². The quantitative estimate of drug-likeness (QED) is 0.775. The van der Waals surface area contributed by atoms with E-state index < -0.39 is 20.5 Å². The first-order valence-corrected chi connectivity index (χ1v) is 9.95. The maximum atomic E-state index is 12.6. The Kier molecular flexibility index (Phi) is 5.81. The molecule has 1 fully saturated rings. The van der Waals surface area contributed by atoms with E-state index in [1.54, 1.807) is 17.3 Å². The predicted molar refractivity (Wildman–Crippen MR) is 95.0 cm³/mol. The van der Waals surface area contributed by atoms with Crippen LogP contribution in [0.15, 0.2) is 53.7 Å². The highest BCUT2D eigenvalue weighted by Gasteiger charge is 2.27. The van der Waals surface area contributed by atoms with Crippen molar-refractivity contribution in [3.8, 4) is 0 Å². The molecule has 1 aromatic heterocycles. The van der Waals surface area contributed by atoms with E-state index in [9.17, 15) is 22.0 Å². The van der Waals surface area contributed by atoms with Crippen LogP contribution in [0, 0.1) is 0 Å². The first-order chi connectivity index (χ1) is 12.9. The van der Waals surface area contributed by atoms with Gasteiger partial charge >= 0.3 is 5.76 Å². The Labute approximate surface area is 156 Å². The van der Waals surface area contributed by atoms with Crippen molar-refractivity contribution in [1.29, 1.82) is 0 Å². The van der Waals surface area contributed by atoms with Crippen LogP contribution in [0.1, 0.15) is 15.9 Å². The van der Waals surface area contributed by atoms with Gasteiger partial charge in [0.05, 0.1) is 4.90 Å². The van der Waals surface area contributed by atoms with E-state index in [-0.39, 0.29) is 11.5 Å². The Bertz CT molecular complexity index is 882. The van der Waals surface area contributed by atoms with Crippen molar-refractivity contribution in [2.75, 3.05) is 26.2 Å². The number of piperazine rings is 1. The van der Waals surface area contributed by atoms with E-state index in [4.69, 9.17) is 0 Å². The van der Waals surface area contributed by atoms with Crippen molar-refractivity contribution in [3.63, 3.8) is 0 Å². The Morgan fingerprint density at radius 2 is 1.59 bits per heavy atom. The molecule has 0 radical (unpaired) electrons. The maximum Gasteiger partial charge on any atom is 0.341 e. The van der Waals surface area contributed by atoms with Crippen molar-refractivity contribution < 1.29 is 22.0 Å². The molecule has 1 saturated heterocycles. The molecule has 6 nitrogen and oxygen atoms in total. The highest BCUT2D eigenvalue weighted by atomic mass is 32.2. The van der Waals surface area contributed by atoms with Crippen molar-refractivity contribution in [2.45, 2.75) is 17.2 Å². The van der Waals surface area contributed by atoms with Crippen molar-refractivity contribution in [3.05, 3.63) is 59.9 Å². The van der Waals surface area contributed by atoms with Gasteiger partial charge in [0, 0.05) is 50.7 Å². The summed E-state index contributed by atoms with van der Waals surface area (Å²) in [7, 11) is -4.65. The minimum Gasteiger partial charge on any atom is -0.336 e.